The van der Waals surface area contributed by atoms with Crippen LogP contribution in [0.3, 0.4) is 0 Å². The summed E-state index contributed by atoms with van der Waals surface area (Å²) in [5.74, 6) is 0.832. The minimum absolute atomic E-state index is 0. The first-order chi connectivity index (χ1) is 11.3. The molecule has 1 fully saturated rings. The first kappa shape index (κ1) is 24.4. The van der Waals surface area contributed by atoms with Gasteiger partial charge in [-0.2, -0.15) is 0 Å². The Morgan fingerprint density at radius 1 is 1.20 bits per heavy atom. The number of hydrogen-bond acceptors (Lipinski definition) is 4. The summed E-state index contributed by atoms with van der Waals surface area (Å²) in [6, 6.07) is 0.199. The highest BCUT2D eigenvalue weighted by molar-refractivity contribution is 14.0. The number of nitrogens with zero attached hydrogens (tertiary/aromatic N) is 2. The zero-order chi connectivity index (χ0) is 18.2. The molecule has 1 saturated heterocycles. The highest BCUT2D eigenvalue weighted by atomic mass is 127. The van der Waals surface area contributed by atoms with Crippen LogP contribution in [0.2, 0.25) is 0 Å². The van der Waals surface area contributed by atoms with Crippen molar-refractivity contribution in [2.24, 2.45) is 10.9 Å². The van der Waals surface area contributed by atoms with Gasteiger partial charge >= 0.3 is 0 Å². The van der Waals surface area contributed by atoms with E-state index in [4.69, 9.17) is 0 Å². The molecule has 1 amide bonds. The summed E-state index contributed by atoms with van der Waals surface area (Å²) in [6.45, 7) is 7.57. The Hall–Kier alpha value is -0.620. The van der Waals surface area contributed by atoms with Gasteiger partial charge in [0, 0.05) is 45.2 Å². The van der Waals surface area contributed by atoms with Crippen LogP contribution in [-0.2, 0) is 14.8 Å². The topological polar surface area (TPSA) is 103 Å². The number of sulfonamides is 1. The largest absolute Gasteiger partial charge is 0.355 e. The second-order valence-corrected chi connectivity index (χ2v) is 8.42. The summed E-state index contributed by atoms with van der Waals surface area (Å²) in [5.41, 5.74) is 0. The van der Waals surface area contributed by atoms with Gasteiger partial charge in [0.05, 0.1) is 5.75 Å². The minimum Gasteiger partial charge on any atom is -0.355 e. The van der Waals surface area contributed by atoms with Gasteiger partial charge in [0.1, 0.15) is 0 Å². The van der Waals surface area contributed by atoms with E-state index in [0.717, 1.165) is 12.8 Å². The molecular weight excluding hydrogens is 457 g/mol. The Bertz CT molecular complexity index is 531. The maximum Gasteiger partial charge on any atom is 0.222 e. The lowest BCUT2D eigenvalue weighted by Crippen LogP contribution is -2.50. The number of hydrogen-bond donors (Lipinski definition) is 3. The van der Waals surface area contributed by atoms with Crippen molar-refractivity contribution in [3.05, 3.63) is 0 Å². The van der Waals surface area contributed by atoms with Crippen molar-refractivity contribution < 1.29 is 13.2 Å². The van der Waals surface area contributed by atoms with E-state index in [9.17, 15) is 13.2 Å². The van der Waals surface area contributed by atoms with Gasteiger partial charge in [0.25, 0.3) is 0 Å². The Labute approximate surface area is 168 Å². The van der Waals surface area contributed by atoms with E-state index in [-0.39, 0.29) is 47.6 Å². The Morgan fingerprint density at radius 3 is 2.24 bits per heavy atom. The molecular formula is C15H32IN5O3S. The fourth-order valence-electron chi connectivity index (χ4n) is 2.42. The predicted octanol–water partition coefficient (Wildman–Crippen LogP) is 0.356. The maximum atomic E-state index is 11.9. The molecule has 3 N–H and O–H groups in total. The molecule has 1 heterocycles. The fourth-order valence-corrected chi connectivity index (χ4v) is 3.55. The van der Waals surface area contributed by atoms with Gasteiger partial charge in [-0.15, -0.1) is 24.0 Å². The summed E-state index contributed by atoms with van der Waals surface area (Å²) in [4.78, 5) is 15.6. The minimum atomic E-state index is -3.09. The van der Waals surface area contributed by atoms with Crippen molar-refractivity contribution in [1.82, 2.24) is 20.3 Å². The third-order valence-electron chi connectivity index (χ3n) is 4.02. The number of carbonyl (C=O) groups is 1. The van der Waals surface area contributed by atoms with Gasteiger partial charge in [0.2, 0.25) is 15.9 Å². The first-order valence-electron chi connectivity index (χ1n) is 8.52. The molecule has 0 unspecified atom stereocenters. The van der Waals surface area contributed by atoms with E-state index in [2.05, 4.69) is 20.9 Å². The van der Waals surface area contributed by atoms with Gasteiger partial charge in [-0.25, -0.2) is 12.7 Å². The Morgan fingerprint density at radius 2 is 1.76 bits per heavy atom. The number of guanidine groups is 1. The summed E-state index contributed by atoms with van der Waals surface area (Å²) in [7, 11) is -1.40. The summed E-state index contributed by atoms with van der Waals surface area (Å²) >= 11 is 0. The normalized spacial score (nSPS) is 17.1. The van der Waals surface area contributed by atoms with Crippen LogP contribution in [0.5, 0.6) is 0 Å². The number of amides is 1. The number of nitrogens with one attached hydrogen (secondary N) is 3. The van der Waals surface area contributed by atoms with E-state index in [1.54, 1.807) is 18.3 Å². The molecule has 0 bridgehead atoms. The summed E-state index contributed by atoms with van der Waals surface area (Å²) in [6.07, 6.45) is 1.51. The molecule has 0 aliphatic carbocycles. The number of aliphatic imine (C=N–C) groups is 1. The molecule has 1 aliphatic rings. The highest BCUT2D eigenvalue weighted by Gasteiger charge is 2.26. The average Bonchev–Trinajstić information content (AvgIpc) is 2.57. The lowest BCUT2D eigenvalue weighted by atomic mass is 10.1. The van der Waals surface area contributed by atoms with E-state index >= 15 is 0 Å². The third-order valence-corrected chi connectivity index (χ3v) is 5.90. The third kappa shape index (κ3) is 8.54. The lowest BCUT2D eigenvalue weighted by Gasteiger charge is -2.32. The van der Waals surface area contributed by atoms with Gasteiger partial charge in [0.15, 0.2) is 5.96 Å². The van der Waals surface area contributed by atoms with Gasteiger partial charge in [-0.05, 0) is 19.8 Å². The molecule has 0 spiro atoms. The summed E-state index contributed by atoms with van der Waals surface area (Å²) in [5, 5.41) is 9.30. The van der Waals surface area contributed by atoms with Crippen LogP contribution in [0.4, 0.5) is 0 Å². The molecule has 148 valence electrons. The van der Waals surface area contributed by atoms with Crippen molar-refractivity contribution in [2.45, 2.75) is 39.7 Å². The standard InChI is InChI=1S/C15H31N5O3S.HI/c1-5-24(22,23)20-10-6-13(7-11-20)19-15(16-4)18-9-8-17-14(21)12(2)3;/h12-13H,5-11H2,1-4H3,(H,17,21)(H2,16,18,19);1H. The SMILES string of the molecule is CCS(=O)(=O)N1CCC(NC(=NC)NCCNC(=O)C(C)C)CC1.I. The lowest BCUT2D eigenvalue weighted by molar-refractivity contribution is -0.123. The van der Waals surface area contributed by atoms with Crippen LogP contribution >= 0.6 is 24.0 Å². The van der Waals surface area contributed by atoms with Crippen molar-refractivity contribution in [3.63, 3.8) is 0 Å². The molecule has 0 saturated carbocycles. The zero-order valence-electron chi connectivity index (χ0n) is 15.5. The second-order valence-electron chi connectivity index (χ2n) is 6.16. The molecule has 10 heteroatoms. The van der Waals surface area contributed by atoms with E-state index in [1.807, 2.05) is 13.8 Å². The molecule has 0 aromatic carbocycles. The number of rotatable bonds is 7. The van der Waals surface area contributed by atoms with Crippen LogP contribution < -0.4 is 16.0 Å². The Kier molecular flexibility index (Phi) is 11.6. The Balaban J connectivity index is 0.00000576. The molecule has 25 heavy (non-hydrogen) atoms. The summed E-state index contributed by atoms with van der Waals surface area (Å²) < 4.78 is 25.3. The molecule has 0 aromatic heterocycles. The van der Waals surface area contributed by atoms with Crippen LogP contribution in [0, 0.1) is 5.92 Å². The van der Waals surface area contributed by atoms with Gasteiger partial charge in [-0.3, -0.25) is 9.79 Å². The maximum absolute atomic E-state index is 11.9. The van der Waals surface area contributed by atoms with Crippen LogP contribution in [-0.4, -0.2) is 69.6 Å². The number of carbonyl (C=O) groups excluding carboxylic acids is 1. The zero-order valence-corrected chi connectivity index (χ0v) is 18.7. The van der Waals surface area contributed by atoms with E-state index in [0.29, 0.717) is 32.1 Å². The molecule has 1 rings (SSSR count). The van der Waals surface area contributed by atoms with Gasteiger partial charge in [-0.1, -0.05) is 13.8 Å². The van der Waals surface area contributed by atoms with E-state index in [1.165, 1.54) is 0 Å². The molecule has 8 nitrogen and oxygen atoms in total. The van der Waals surface area contributed by atoms with Crippen molar-refractivity contribution in [1.29, 1.82) is 0 Å². The number of halogens is 1. The average molecular weight is 489 g/mol. The fraction of sp³-hybridized carbons (Fsp3) is 0.867. The van der Waals surface area contributed by atoms with Gasteiger partial charge < -0.3 is 16.0 Å². The molecule has 0 radical (unpaired) electrons. The smallest absolute Gasteiger partial charge is 0.222 e. The van der Waals surface area contributed by atoms with Crippen LogP contribution in [0.25, 0.3) is 0 Å². The number of piperidine rings is 1. The highest BCUT2D eigenvalue weighted by Crippen LogP contribution is 2.14. The first-order valence-corrected chi connectivity index (χ1v) is 10.1. The van der Waals surface area contributed by atoms with E-state index < -0.39 is 10.0 Å². The molecule has 0 atom stereocenters. The predicted molar refractivity (Wildman–Crippen MR) is 112 cm³/mol. The van der Waals surface area contributed by atoms with Crippen molar-refractivity contribution in [3.8, 4) is 0 Å². The molecule has 0 aromatic rings. The molecule has 1 aliphatic heterocycles. The quantitative estimate of drug-likeness (QED) is 0.207. The van der Waals surface area contributed by atoms with Crippen LogP contribution in [0.15, 0.2) is 4.99 Å². The monoisotopic (exact) mass is 489 g/mol. The van der Waals surface area contributed by atoms with Crippen molar-refractivity contribution >= 4 is 45.9 Å². The van der Waals surface area contributed by atoms with Crippen molar-refractivity contribution in [2.75, 3.05) is 39.0 Å². The second kappa shape index (κ2) is 11.9. The van der Waals surface area contributed by atoms with Crippen LogP contribution in [0.1, 0.15) is 33.6 Å².